The second kappa shape index (κ2) is 7.17. The van der Waals surface area contributed by atoms with Gasteiger partial charge in [0.05, 0.1) is 18.2 Å². The first-order valence-corrected chi connectivity index (χ1v) is 8.71. The molecule has 0 spiro atoms. The SMILES string of the molecule is CCc1nn(C)c(CC)c1CC(=O)Nc1ccn(C2CCNC2)n1. The lowest BCUT2D eigenvalue weighted by atomic mass is 10.1. The molecular formula is C17H26N6O. The van der Waals surface area contributed by atoms with Crippen LogP contribution in [0.2, 0.25) is 0 Å². The molecule has 0 aromatic carbocycles. The first kappa shape index (κ1) is 16.7. The second-order valence-corrected chi connectivity index (χ2v) is 6.26. The normalized spacial score (nSPS) is 17.4. The van der Waals surface area contributed by atoms with Crippen LogP contribution in [0.5, 0.6) is 0 Å². The number of anilines is 1. The van der Waals surface area contributed by atoms with E-state index < -0.39 is 0 Å². The fourth-order valence-corrected chi connectivity index (χ4v) is 3.41. The Morgan fingerprint density at radius 3 is 2.88 bits per heavy atom. The molecule has 0 saturated carbocycles. The van der Waals surface area contributed by atoms with Crippen LogP contribution < -0.4 is 10.6 Å². The highest BCUT2D eigenvalue weighted by atomic mass is 16.1. The predicted molar refractivity (Wildman–Crippen MR) is 93.0 cm³/mol. The van der Waals surface area contributed by atoms with Crippen LogP contribution in [-0.2, 0) is 31.1 Å². The summed E-state index contributed by atoms with van der Waals surface area (Å²) in [5, 5.41) is 15.3. The highest BCUT2D eigenvalue weighted by Crippen LogP contribution is 2.18. The number of aromatic nitrogens is 4. The molecule has 7 heteroatoms. The number of aryl methyl sites for hydroxylation is 2. The minimum absolute atomic E-state index is 0.0396. The van der Waals surface area contributed by atoms with Crippen molar-refractivity contribution < 1.29 is 4.79 Å². The summed E-state index contributed by atoms with van der Waals surface area (Å²) in [6, 6.07) is 2.24. The summed E-state index contributed by atoms with van der Waals surface area (Å²) in [4.78, 5) is 12.4. The van der Waals surface area contributed by atoms with Gasteiger partial charge < -0.3 is 10.6 Å². The van der Waals surface area contributed by atoms with E-state index in [4.69, 9.17) is 0 Å². The highest BCUT2D eigenvalue weighted by molar-refractivity contribution is 5.91. The Balaban J connectivity index is 1.68. The molecule has 7 nitrogen and oxygen atoms in total. The topological polar surface area (TPSA) is 76.8 Å². The Bertz CT molecular complexity index is 711. The number of rotatable bonds is 6. The number of carbonyl (C=O) groups is 1. The van der Waals surface area contributed by atoms with Crippen LogP contribution in [0.3, 0.4) is 0 Å². The molecule has 2 aromatic heterocycles. The largest absolute Gasteiger partial charge is 0.315 e. The van der Waals surface area contributed by atoms with E-state index in [2.05, 4.69) is 34.7 Å². The number of hydrogen-bond donors (Lipinski definition) is 2. The number of carbonyl (C=O) groups excluding carboxylic acids is 1. The summed E-state index contributed by atoms with van der Waals surface area (Å²) in [6.45, 7) is 6.12. The lowest BCUT2D eigenvalue weighted by Crippen LogP contribution is -2.18. The maximum Gasteiger partial charge on any atom is 0.230 e. The van der Waals surface area contributed by atoms with Gasteiger partial charge in [-0.3, -0.25) is 14.2 Å². The third-order valence-corrected chi connectivity index (χ3v) is 4.65. The molecule has 1 unspecified atom stereocenters. The van der Waals surface area contributed by atoms with Crippen molar-refractivity contribution in [3.63, 3.8) is 0 Å². The van der Waals surface area contributed by atoms with E-state index in [1.54, 1.807) is 0 Å². The molecule has 3 heterocycles. The Kier molecular flexibility index (Phi) is 4.99. The molecule has 1 aliphatic heterocycles. The molecule has 1 atom stereocenters. The van der Waals surface area contributed by atoms with Crippen LogP contribution in [0, 0.1) is 0 Å². The molecule has 2 aromatic rings. The van der Waals surface area contributed by atoms with Crippen molar-refractivity contribution in [2.45, 2.75) is 45.6 Å². The molecule has 3 rings (SSSR count). The molecule has 130 valence electrons. The van der Waals surface area contributed by atoms with E-state index in [1.165, 1.54) is 0 Å². The minimum Gasteiger partial charge on any atom is -0.315 e. The van der Waals surface area contributed by atoms with Crippen molar-refractivity contribution in [3.8, 4) is 0 Å². The van der Waals surface area contributed by atoms with Crippen molar-refractivity contribution in [2.24, 2.45) is 7.05 Å². The van der Waals surface area contributed by atoms with Gasteiger partial charge in [-0.05, 0) is 25.8 Å². The monoisotopic (exact) mass is 330 g/mol. The standard InChI is InChI=1S/C17H26N6O/c1-4-14-13(15(5-2)22(3)20-14)10-17(24)19-16-7-9-23(21-16)12-6-8-18-11-12/h7,9,12,18H,4-6,8,10-11H2,1-3H3,(H,19,21,24). The van der Waals surface area contributed by atoms with Crippen LogP contribution in [0.1, 0.15) is 43.3 Å². The Morgan fingerprint density at radius 1 is 1.38 bits per heavy atom. The van der Waals surface area contributed by atoms with Crippen molar-refractivity contribution in [1.29, 1.82) is 0 Å². The molecule has 0 aliphatic carbocycles. The fourth-order valence-electron chi connectivity index (χ4n) is 3.41. The van der Waals surface area contributed by atoms with Gasteiger partial charge in [-0.1, -0.05) is 13.8 Å². The maximum atomic E-state index is 12.4. The highest BCUT2D eigenvalue weighted by Gasteiger charge is 2.19. The van der Waals surface area contributed by atoms with Gasteiger partial charge in [-0.2, -0.15) is 10.2 Å². The molecular weight excluding hydrogens is 304 g/mol. The lowest BCUT2D eigenvalue weighted by molar-refractivity contribution is -0.115. The van der Waals surface area contributed by atoms with E-state index >= 15 is 0 Å². The fraction of sp³-hybridized carbons (Fsp3) is 0.588. The van der Waals surface area contributed by atoms with E-state index in [9.17, 15) is 4.79 Å². The van der Waals surface area contributed by atoms with E-state index in [0.29, 0.717) is 18.3 Å². The zero-order valence-corrected chi connectivity index (χ0v) is 14.7. The third kappa shape index (κ3) is 3.36. The number of amides is 1. The van der Waals surface area contributed by atoms with Gasteiger partial charge in [0, 0.05) is 37.1 Å². The molecule has 1 aliphatic rings. The average Bonchev–Trinajstić information content (AvgIpc) is 3.27. The summed E-state index contributed by atoms with van der Waals surface area (Å²) < 4.78 is 3.83. The summed E-state index contributed by atoms with van der Waals surface area (Å²) >= 11 is 0. The quantitative estimate of drug-likeness (QED) is 0.841. The molecule has 24 heavy (non-hydrogen) atoms. The van der Waals surface area contributed by atoms with E-state index in [1.807, 2.05) is 28.7 Å². The van der Waals surface area contributed by atoms with Gasteiger partial charge in [0.2, 0.25) is 5.91 Å². The zero-order chi connectivity index (χ0) is 17.1. The maximum absolute atomic E-state index is 12.4. The molecule has 1 saturated heterocycles. The lowest BCUT2D eigenvalue weighted by Gasteiger charge is -2.08. The smallest absolute Gasteiger partial charge is 0.230 e. The summed E-state index contributed by atoms with van der Waals surface area (Å²) in [7, 11) is 1.94. The van der Waals surface area contributed by atoms with Gasteiger partial charge in [0.25, 0.3) is 0 Å². The summed E-state index contributed by atoms with van der Waals surface area (Å²) in [5.41, 5.74) is 3.19. The first-order chi connectivity index (χ1) is 11.6. The molecule has 0 radical (unpaired) electrons. The molecule has 1 fully saturated rings. The average molecular weight is 330 g/mol. The Hall–Kier alpha value is -2.15. The predicted octanol–water partition coefficient (Wildman–Crippen LogP) is 1.46. The van der Waals surface area contributed by atoms with Crippen LogP contribution in [0.15, 0.2) is 12.3 Å². The van der Waals surface area contributed by atoms with Gasteiger partial charge in [0.15, 0.2) is 5.82 Å². The molecule has 0 bridgehead atoms. The van der Waals surface area contributed by atoms with Gasteiger partial charge in [-0.15, -0.1) is 0 Å². The van der Waals surface area contributed by atoms with Crippen LogP contribution >= 0.6 is 0 Å². The van der Waals surface area contributed by atoms with Crippen molar-refractivity contribution in [1.82, 2.24) is 24.9 Å². The Labute approximate surface area is 142 Å². The molecule has 2 N–H and O–H groups in total. The molecule has 1 amide bonds. The number of hydrogen-bond acceptors (Lipinski definition) is 4. The van der Waals surface area contributed by atoms with Gasteiger partial charge in [-0.25, -0.2) is 0 Å². The first-order valence-electron chi connectivity index (χ1n) is 8.71. The third-order valence-electron chi connectivity index (χ3n) is 4.65. The number of nitrogens with zero attached hydrogens (tertiary/aromatic N) is 4. The minimum atomic E-state index is -0.0396. The van der Waals surface area contributed by atoms with Crippen molar-refractivity contribution in [2.75, 3.05) is 18.4 Å². The van der Waals surface area contributed by atoms with E-state index in [0.717, 1.165) is 49.3 Å². The van der Waals surface area contributed by atoms with Gasteiger partial charge in [0.1, 0.15) is 0 Å². The van der Waals surface area contributed by atoms with Crippen molar-refractivity contribution >= 4 is 11.7 Å². The van der Waals surface area contributed by atoms with Gasteiger partial charge >= 0.3 is 0 Å². The second-order valence-electron chi connectivity index (χ2n) is 6.26. The van der Waals surface area contributed by atoms with Crippen LogP contribution in [0.25, 0.3) is 0 Å². The summed E-state index contributed by atoms with van der Waals surface area (Å²) in [5.74, 6) is 0.578. The zero-order valence-electron chi connectivity index (χ0n) is 14.7. The van der Waals surface area contributed by atoms with Crippen LogP contribution in [-0.4, -0.2) is 38.6 Å². The number of nitrogens with one attached hydrogen (secondary N) is 2. The Morgan fingerprint density at radius 2 is 2.21 bits per heavy atom. The van der Waals surface area contributed by atoms with Crippen LogP contribution in [0.4, 0.5) is 5.82 Å². The van der Waals surface area contributed by atoms with Crippen molar-refractivity contribution in [3.05, 3.63) is 29.2 Å². The summed E-state index contributed by atoms with van der Waals surface area (Å²) in [6.07, 6.45) is 5.06. The van der Waals surface area contributed by atoms with E-state index in [-0.39, 0.29) is 5.91 Å².